The Labute approximate surface area is 147 Å². The van der Waals surface area contributed by atoms with Crippen LogP contribution < -0.4 is 5.73 Å². The minimum atomic E-state index is 0.697. The summed E-state index contributed by atoms with van der Waals surface area (Å²) in [5.74, 6) is 0.880. The van der Waals surface area contributed by atoms with E-state index in [4.69, 9.17) is 10.7 Å². The molecule has 0 bridgehead atoms. The molecule has 2 N–H and O–H groups in total. The van der Waals surface area contributed by atoms with Crippen LogP contribution in [0.3, 0.4) is 0 Å². The van der Waals surface area contributed by atoms with Crippen molar-refractivity contribution in [3.8, 4) is 11.4 Å². The molecule has 0 aliphatic rings. The van der Waals surface area contributed by atoms with Crippen LogP contribution in [0.25, 0.3) is 22.4 Å². The number of halogens is 3. The van der Waals surface area contributed by atoms with E-state index < -0.39 is 0 Å². The number of nitrogens with two attached hydrogens (primary N) is 1. The third-order valence-electron chi connectivity index (χ3n) is 3.36. The van der Waals surface area contributed by atoms with Crippen molar-refractivity contribution in [2.45, 2.75) is 13.5 Å². The highest BCUT2D eigenvalue weighted by Crippen LogP contribution is 2.36. The van der Waals surface area contributed by atoms with Crippen molar-refractivity contribution in [3.63, 3.8) is 0 Å². The van der Waals surface area contributed by atoms with Crippen LogP contribution >= 0.6 is 47.8 Å². The Morgan fingerprint density at radius 1 is 1.10 bits per heavy atom. The van der Waals surface area contributed by atoms with Crippen molar-refractivity contribution in [3.05, 3.63) is 43.7 Å². The lowest BCUT2D eigenvalue weighted by atomic mass is 10.1. The van der Waals surface area contributed by atoms with Gasteiger partial charge in [0.15, 0.2) is 0 Å². The molecular weight excluding hydrogens is 462 g/mol. The van der Waals surface area contributed by atoms with E-state index in [1.165, 1.54) is 0 Å². The molecule has 2 aromatic carbocycles. The summed E-state index contributed by atoms with van der Waals surface area (Å²) in [7, 11) is 0. The molecule has 0 aliphatic carbocycles. The molecule has 108 valence electrons. The maximum Gasteiger partial charge on any atom is 0.143 e. The topological polar surface area (TPSA) is 43.8 Å². The van der Waals surface area contributed by atoms with Crippen LogP contribution in [-0.2, 0) is 6.54 Å². The molecule has 0 amide bonds. The number of aromatic nitrogens is 2. The molecule has 6 heteroatoms. The second-order valence-corrected chi connectivity index (χ2v) is 7.35. The maximum atomic E-state index is 6.23. The summed E-state index contributed by atoms with van der Waals surface area (Å²) in [4.78, 5) is 4.77. The molecule has 0 unspecified atom stereocenters. The van der Waals surface area contributed by atoms with Gasteiger partial charge in [-0.05, 0) is 53.2 Å². The number of nitrogen functional groups attached to an aromatic ring is 1. The Morgan fingerprint density at radius 2 is 1.86 bits per heavy atom. The summed E-state index contributed by atoms with van der Waals surface area (Å²) in [5.41, 5.74) is 9.91. The lowest BCUT2D eigenvalue weighted by molar-refractivity contribution is 0.796. The Hall–Kier alpha value is -0.850. The molecule has 0 aliphatic heterocycles. The average molecular weight is 474 g/mol. The number of imidazole rings is 1. The van der Waals surface area contributed by atoms with Gasteiger partial charge >= 0.3 is 0 Å². The van der Waals surface area contributed by atoms with Crippen molar-refractivity contribution >= 4 is 64.5 Å². The fourth-order valence-electron chi connectivity index (χ4n) is 2.40. The van der Waals surface area contributed by atoms with Crippen LogP contribution in [-0.4, -0.2) is 9.55 Å². The predicted octanol–water partition coefficient (Wildman–Crippen LogP) is 5.59. The number of nitrogens with zero attached hydrogens (tertiary/aromatic N) is 2. The van der Waals surface area contributed by atoms with Crippen LogP contribution in [0.15, 0.2) is 43.7 Å². The van der Waals surface area contributed by atoms with Gasteiger partial charge in [0.05, 0.1) is 16.7 Å². The summed E-state index contributed by atoms with van der Waals surface area (Å²) in [5, 5.41) is 0. The first-order valence-corrected chi connectivity index (χ1v) is 8.80. The Bertz CT molecular complexity index is 840. The summed E-state index contributed by atoms with van der Waals surface area (Å²) >= 11 is 10.5. The molecule has 3 rings (SSSR count). The van der Waals surface area contributed by atoms with Gasteiger partial charge in [0.1, 0.15) is 5.82 Å². The Balaban J connectivity index is 2.35. The normalized spacial score (nSPS) is 11.2. The average Bonchev–Trinajstić information content (AvgIpc) is 2.79. The van der Waals surface area contributed by atoms with Gasteiger partial charge in [-0.15, -0.1) is 0 Å². The number of hydrogen-bond acceptors (Lipinski definition) is 2. The van der Waals surface area contributed by atoms with Gasteiger partial charge in [0, 0.05) is 25.5 Å². The summed E-state index contributed by atoms with van der Waals surface area (Å²) < 4.78 is 5.02. The van der Waals surface area contributed by atoms with E-state index in [0.717, 1.165) is 42.4 Å². The monoisotopic (exact) mass is 471 g/mol. The fraction of sp³-hybridized carbons (Fsp3) is 0.133. The highest BCUT2D eigenvalue weighted by atomic mass is 79.9. The molecular formula is C15H12Br3N3. The van der Waals surface area contributed by atoms with Gasteiger partial charge in [-0.25, -0.2) is 4.98 Å². The molecule has 0 saturated heterocycles. The lowest BCUT2D eigenvalue weighted by Gasteiger charge is -2.10. The fourth-order valence-corrected chi connectivity index (χ4v) is 3.97. The van der Waals surface area contributed by atoms with E-state index in [1.54, 1.807) is 0 Å². The molecule has 3 nitrogen and oxygen atoms in total. The van der Waals surface area contributed by atoms with Crippen molar-refractivity contribution in [2.75, 3.05) is 5.73 Å². The van der Waals surface area contributed by atoms with Crippen LogP contribution in [0.1, 0.15) is 6.92 Å². The molecule has 0 atom stereocenters. The van der Waals surface area contributed by atoms with E-state index in [1.807, 2.05) is 24.3 Å². The van der Waals surface area contributed by atoms with Crippen molar-refractivity contribution in [1.82, 2.24) is 9.55 Å². The van der Waals surface area contributed by atoms with Crippen LogP contribution in [0, 0.1) is 0 Å². The highest BCUT2D eigenvalue weighted by Gasteiger charge is 2.16. The highest BCUT2D eigenvalue weighted by molar-refractivity contribution is 9.11. The Morgan fingerprint density at radius 3 is 2.57 bits per heavy atom. The molecule has 21 heavy (non-hydrogen) atoms. The van der Waals surface area contributed by atoms with Gasteiger partial charge in [0.2, 0.25) is 0 Å². The quantitative estimate of drug-likeness (QED) is 0.493. The second-order valence-electron chi connectivity index (χ2n) is 4.66. The number of aryl methyl sites for hydroxylation is 1. The minimum Gasteiger partial charge on any atom is -0.397 e. The number of anilines is 1. The van der Waals surface area contributed by atoms with Crippen LogP contribution in [0.2, 0.25) is 0 Å². The molecule has 3 aromatic rings. The predicted molar refractivity (Wildman–Crippen MR) is 98.4 cm³/mol. The van der Waals surface area contributed by atoms with Gasteiger partial charge in [-0.2, -0.15) is 0 Å². The van der Waals surface area contributed by atoms with Gasteiger partial charge < -0.3 is 10.3 Å². The first-order chi connectivity index (χ1) is 10.0. The zero-order chi connectivity index (χ0) is 15.1. The summed E-state index contributed by atoms with van der Waals surface area (Å²) in [6.07, 6.45) is 0. The third-order valence-corrected chi connectivity index (χ3v) is 4.97. The van der Waals surface area contributed by atoms with E-state index in [-0.39, 0.29) is 0 Å². The minimum absolute atomic E-state index is 0.697. The van der Waals surface area contributed by atoms with Crippen molar-refractivity contribution in [1.29, 1.82) is 0 Å². The first kappa shape index (κ1) is 15.1. The maximum absolute atomic E-state index is 6.23. The van der Waals surface area contributed by atoms with Gasteiger partial charge in [0.25, 0.3) is 0 Å². The van der Waals surface area contributed by atoms with Crippen molar-refractivity contribution in [2.24, 2.45) is 0 Å². The Kier molecular flexibility index (Phi) is 4.12. The number of rotatable bonds is 2. The zero-order valence-electron chi connectivity index (χ0n) is 11.2. The summed E-state index contributed by atoms with van der Waals surface area (Å²) in [6, 6.07) is 10.1. The molecule has 0 saturated carbocycles. The zero-order valence-corrected chi connectivity index (χ0v) is 16.0. The molecule has 1 aromatic heterocycles. The second kappa shape index (κ2) is 5.74. The van der Waals surface area contributed by atoms with Crippen LogP contribution in [0.4, 0.5) is 5.69 Å². The number of fused-ring (bicyclic) bond motifs is 1. The lowest BCUT2D eigenvalue weighted by Crippen LogP contribution is -2.00. The van der Waals surface area contributed by atoms with Crippen LogP contribution in [0.5, 0.6) is 0 Å². The van der Waals surface area contributed by atoms with Gasteiger partial charge in [-0.1, -0.05) is 31.9 Å². The summed E-state index contributed by atoms with van der Waals surface area (Å²) in [6.45, 7) is 2.94. The van der Waals surface area contributed by atoms with E-state index in [9.17, 15) is 0 Å². The SMILES string of the molecule is CCn1c(-c2cc(Br)cc(Br)c2N)nc2cc(Br)ccc21. The smallest absolute Gasteiger partial charge is 0.143 e. The molecule has 0 fully saturated rings. The standard InChI is InChI=1S/C15H12Br3N3/c1-2-21-13-4-3-8(16)7-12(13)20-15(21)10-5-9(17)6-11(18)14(10)19/h3-7H,2,19H2,1H3. The third kappa shape index (κ3) is 2.64. The molecule has 0 radical (unpaired) electrons. The number of benzene rings is 2. The molecule has 1 heterocycles. The van der Waals surface area contributed by atoms with E-state index >= 15 is 0 Å². The van der Waals surface area contributed by atoms with E-state index in [2.05, 4.69) is 65.3 Å². The van der Waals surface area contributed by atoms with Gasteiger partial charge in [-0.3, -0.25) is 0 Å². The largest absolute Gasteiger partial charge is 0.397 e. The van der Waals surface area contributed by atoms with E-state index in [0.29, 0.717) is 5.69 Å². The first-order valence-electron chi connectivity index (χ1n) is 6.42. The van der Waals surface area contributed by atoms with Crippen molar-refractivity contribution < 1.29 is 0 Å². The number of hydrogen-bond donors (Lipinski definition) is 1. The molecule has 0 spiro atoms.